The number of ether oxygens (including phenoxy) is 1. The number of methoxy groups -OCH3 is 1. The lowest BCUT2D eigenvalue weighted by atomic mass is 10.1. The second-order valence-corrected chi connectivity index (χ2v) is 7.97. The first-order valence-corrected chi connectivity index (χ1v) is 10.3. The van der Waals surface area contributed by atoms with Crippen LogP contribution in [0.15, 0.2) is 59.4 Å². The van der Waals surface area contributed by atoms with Gasteiger partial charge in [0, 0.05) is 11.3 Å². The molecule has 0 saturated carbocycles. The van der Waals surface area contributed by atoms with Gasteiger partial charge >= 0.3 is 0 Å². The largest absolute Gasteiger partial charge is 0.497 e. The van der Waals surface area contributed by atoms with Gasteiger partial charge in [0.1, 0.15) is 22.2 Å². The summed E-state index contributed by atoms with van der Waals surface area (Å²) in [5.41, 5.74) is 1.67. The third-order valence-electron chi connectivity index (χ3n) is 4.88. The summed E-state index contributed by atoms with van der Waals surface area (Å²) >= 11 is 1.56. The number of rotatable bonds is 6. The number of aryl methyl sites for hydroxylation is 1. The monoisotopic (exact) mass is 408 g/mol. The van der Waals surface area contributed by atoms with E-state index >= 15 is 0 Å². The van der Waals surface area contributed by atoms with Crippen molar-refractivity contribution in [2.45, 2.75) is 26.3 Å². The zero-order valence-corrected chi connectivity index (χ0v) is 17.1. The first kappa shape index (κ1) is 19.3. The zero-order valence-electron chi connectivity index (χ0n) is 16.3. The molecule has 2 aromatic carbocycles. The molecule has 0 atom stereocenters. The summed E-state index contributed by atoms with van der Waals surface area (Å²) in [4.78, 5) is 20.0. The summed E-state index contributed by atoms with van der Waals surface area (Å²) in [5, 5.41) is 0.627. The Morgan fingerprint density at radius 3 is 2.59 bits per heavy atom. The van der Waals surface area contributed by atoms with Gasteiger partial charge in [-0.3, -0.25) is 9.36 Å². The molecule has 2 aromatic heterocycles. The minimum Gasteiger partial charge on any atom is -0.497 e. The van der Waals surface area contributed by atoms with Gasteiger partial charge in [-0.1, -0.05) is 31.2 Å². The van der Waals surface area contributed by atoms with E-state index in [1.807, 2.05) is 36.4 Å². The average Bonchev–Trinajstić information content (AvgIpc) is 3.15. The highest BCUT2D eigenvalue weighted by Gasteiger charge is 2.15. The standard InChI is InChI=1S/C23H21FN2O2S/c1-3-19-13-20-22(29-19)25-21(12-15-7-9-18(28-2)10-8-15)26(23(20)27)14-16-5-4-6-17(24)11-16/h4-11,13H,3,12,14H2,1-2H3. The Balaban J connectivity index is 1.81. The summed E-state index contributed by atoms with van der Waals surface area (Å²) in [5.74, 6) is 1.13. The molecule has 0 fully saturated rings. The SMILES string of the molecule is CCc1cc2c(=O)n(Cc3cccc(F)c3)c(Cc3ccc(OC)cc3)nc2s1. The molecule has 0 radical (unpaired) electrons. The fraction of sp³-hybridized carbons (Fsp3) is 0.217. The molecule has 0 unspecified atom stereocenters. The van der Waals surface area contributed by atoms with Crippen LogP contribution < -0.4 is 10.3 Å². The van der Waals surface area contributed by atoms with Gasteiger partial charge in [0.05, 0.1) is 19.0 Å². The quantitative estimate of drug-likeness (QED) is 0.460. The fourth-order valence-electron chi connectivity index (χ4n) is 3.32. The fourth-order valence-corrected chi connectivity index (χ4v) is 4.30. The minimum absolute atomic E-state index is 0.0845. The van der Waals surface area contributed by atoms with Crippen molar-refractivity contribution in [2.24, 2.45) is 0 Å². The van der Waals surface area contributed by atoms with E-state index in [-0.39, 0.29) is 17.9 Å². The van der Waals surface area contributed by atoms with Crippen molar-refractivity contribution in [1.29, 1.82) is 0 Å². The molecule has 0 aliphatic rings. The van der Waals surface area contributed by atoms with Crippen LogP contribution in [0.1, 0.15) is 28.8 Å². The van der Waals surface area contributed by atoms with Crippen LogP contribution in [0.25, 0.3) is 10.2 Å². The van der Waals surface area contributed by atoms with Crippen LogP contribution in [0.3, 0.4) is 0 Å². The van der Waals surface area contributed by atoms with Crippen molar-refractivity contribution < 1.29 is 9.13 Å². The van der Waals surface area contributed by atoms with Crippen molar-refractivity contribution >= 4 is 21.6 Å². The van der Waals surface area contributed by atoms with Crippen LogP contribution in [-0.2, 0) is 19.4 Å². The van der Waals surface area contributed by atoms with Crippen LogP contribution in [-0.4, -0.2) is 16.7 Å². The number of halogens is 1. The maximum Gasteiger partial charge on any atom is 0.262 e. The molecular weight excluding hydrogens is 387 g/mol. The van der Waals surface area contributed by atoms with Crippen molar-refractivity contribution in [3.05, 3.63) is 92.6 Å². The smallest absolute Gasteiger partial charge is 0.262 e. The van der Waals surface area contributed by atoms with Gasteiger partial charge < -0.3 is 4.74 Å². The first-order valence-electron chi connectivity index (χ1n) is 9.47. The molecule has 2 heterocycles. The van der Waals surface area contributed by atoms with Gasteiger partial charge in [0.2, 0.25) is 0 Å². The van der Waals surface area contributed by atoms with E-state index in [2.05, 4.69) is 6.92 Å². The highest BCUT2D eigenvalue weighted by atomic mass is 32.1. The number of thiophene rings is 1. The second kappa shape index (κ2) is 8.17. The molecule has 0 saturated heterocycles. The van der Waals surface area contributed by atoms with E-state index < -0.39 is 0 Å². The Labute approximate surface area is 172 Å². The summed E-state index contributed by atoms with van der Waals surface area (Å²) in [6, 6.07) is 16.0. The Morgan fingerprint density at radius 1 is 1.10 bits per heavy atom. The van der Waals surface area contributed by atoms with E-state index in [1.54, 1.807) is 29.1 Å². The van der Waals surface area contributed by atoms with Gasteiger partial charge in [-0.25, -0.2) is 9.37 Å². The summed E-state index contributed by atoms with van der Waals surface area (Å²) in [6.45, 7) is 2.34. The van der Waals surface area contributed by atoms with Gasteiger partial charge in [-0.05, 0) is 47.9 Å². The lowest BCUT2D eigenvalue weighted by Gasteiger charge is -2.13. The van der Waals surface area contributed by atoms with E-state index in [1.165, 1.54) is 12.1 Å². The van der Waals surface area contributed by atoms with E-state index in [0.717, 1.165) is 33.0 Å². The number of aromatic nitrogens is 2. The molecule has 0 N–H and O–H groups in total. The van der Waals surface area contributed by atoms with Crippen LogP contribution in [0.5, 0.6) is 5.75 Å². The lowest BCUT2D eigenvalue weighted by molar-refractivity contribution is 0.414. The molecule has 4 rings (SSSR count). The van der Waals surface area contributed by atoms with Crippen molar-refractivity contribution in [1.82, 2.24) is 9.55 Å². The van der Waals surface area contributed by atoms with E-state index in [4.69, 9.17) is 9.72 Å². The van der Waals surface area contributed by atoms with Crippen LogP contribution in [0.2, 0.25) is 0 Å². The number of hydrogen-bond donors (Lipinski definition) is 0. The Kier molecular flexibility index (Phi) is 5.45. The average molecular weight is 408 g/mol. The van der Waals surface area contributed by atoms with Gasteiger partial charge in [0.25, 0.3) is 5.56 Å². The zero-order chi connectivity index (χ0) is 20.4. The maximum atomic E-state index is 13.7. The van der Waals surface area contributed by atoms with Gasteiger partial charge in [0.15, 0.2) is 0 Å². The number of benzene rings is 2. The van der Waals surface area contributed by atoms with Crippen LogP contribution in [0.4, 0.5) is 4.39 Å². The predicted octanol–water partition coefficient (Wildman–Crippen LogP) is 4.81. The number of fused-ring (bicyclic) bond motifs is 1. The lowest BCUT2D eigenvalue weighted by Crippen LogP contribution is -2.25. The predicted molar refractivity (Wildman–Crippen MR) is 115 cm³/mol. The Hall–Kier alpha value is -2.99. The second-order valence-electron chi connectivity index (χ2n) is 6.86. The van der Waals surface area contributed by atoms with Gasteiger partial charge in [-0.15, -0.1) is 11.3 Å². The molecule has 4 aromatic rings. The normalized spacial score (nSPS) is 11.1. The van der Waals surface area contributed by atoms with Crippen molar-refractivity contribution in [2.75, 3.05) is 7.11 Å². The molecule has 0 bridgehead atoms. The summed E-state index contributed by atoms with van der Waals surface area (Å²) in [7, 11) is 1.63. The topological polar surface area (TPSA) is 44.1 Å². The molecule has 148 valence electrons. The third-order valence-corrected chi connectivity index (χ3v) is 6.05. The molecule has 0 amide bonds. The number of hydrogen-bond acceptors (Lipinski definition) is 4. The summed E-state index contributed by atoms with van der Waals surface area (Å²) < 4.78 is 20.6. The van der Waals surface area contributed by atoms with Crippen LogP contribution in [0, 0.1) is 5.82 Å². The molecule has 0 spiro atoms. The Morgan fingerprint density at radius 2 is 1.90 bits per heavy atom. The van der Waals surface area contributed by atoms with Crippen molar-refractivity contribution in [3.8, 4) is 5.75 Å². The highest BCUT2D eigenvalue weighted by Crippen LogP contribution is 2.23. The van der Waals surface area contributed by atoms with Crippen LogP contribution >= 0.6 is 11.3 Å². The van der Waals surface area contributed by atoms with Gasteiger partial charge in [-0.2, -0.15) is 0 Å². The third kappa shape index (κ3) is 4.07. The summed E-state index contributed by atoms with van der Waals surface area (Å²) in [6.07, 6.45) is 1.36. The molecule has 4 nitrogen and oxygen atoms in total. The molecule has 6 heteroatoms. The highest BCUT2D eigenvalue weighted by molar-refractivity contribution is 7.18. The molecule has 0 aliphatic carbocycles. The number of nitrogens with zero attached hydrogens (tertiary/aromatic N) is 2. The molecule has 29 heavy (non-hydrogen) atoms. The molecular formula is C23H21FN2O2S. The first-order chi connectivity index (χ1) is 14.1. The maximum absolute atomic E-state index is 13.7. The Bertz CT molecular complexity index is 1210. The van der Waals surface area contributed by atoms with E-state index in [0.29, 0.717) is 17.6 Å². The van der Waals surface area contributed by atoms with E-state index in [9.17, 15) is 9.18 Å². The molecule has 0 aliphatic heterocycles. The minimum atomic E-state index is -0.315. The van der Waals surface area contributed by atoms with Crippen molar-refractivity contribution in [3.63, 3.8) is 0 Å².